The van der Waals surface area contributed by atoms with Crippen molar-refractivity contribution in [3.05, 3.63) is 81.8 Å². The molecule has 2 fully saturated rings. The first-order valence-electron chi connectivity index (χ1n) is 12.1. The highest BCUT2D eigenvalue weighted by Gasteiger charge is 2.40. The van der Waals surface area contributed by atoms with Gasteiger partial charge in [0.05, 0.1) is 37.9 Å². The number of carbonyl (C=O) groups excluding carboxylic acids is 1. The van der Waals surface area contributed by atoms with Gasteiger partial charge in [-0.2, -0.15) is 0 Å². The van der Waals surface area contributed by atoms with E-state index in [9.17, 15) is 14.7 Å². The molecule has 1 amide bonds. The number of benzene rings is 2. The summed E-state index contributed by atoms with van der Waals surface area (Å²) in [6, 6.07) is 15.6. The van der Waals surface area contributed by atoms with Crippen molar-refractivity contribution in [2.24, 2.45) is 0 Å². The summed E-state index contributed by atoms with van der Waals surface area (Å²) < 4.78 is 7.17. The van der Waals surface area contributed by atoms with E-state index in [1.807, 2.05) is 29.2 Å². The van der Waals surface area contributed by atoms with Gasteiger partial charge < -0.3 is 24.6 Å². The summed E-state index contributed by atoms with van der Waals surface area (Å²) in [7, 11) is 0. The fourth-order valence-electron chi connectivity index (χ4n) is 5.75. The number of halogens is 1. The largest absolute Gasteiger partial charge is 0.390 e. The molecular weight excluding hydrogens is 466 g/mol. The standard InChI is InChI=1S/C27H29N3O4.ClH/c31-25(24-12-17-3-1-2-4-20(17)13-28-24)14-29-10-9-18-11-19(5-8-23(18)27(29)33)26(32)30-21-6-7-22(30)16-34-15-21;/h1-5,8-11,21-22,24-25,28,31H,6-7,12-16H2;1H/t21?,22?,24-,25+;/m0./s1. The van der Waals surface area contributed by atoms with Crippen LogP contribution in [0.1, 0.15) is 34.3 Å². The molecule has 2 aromatic carbocycles. The highest BCUT2D eigenvalue weighted by Crippen LogP contribution is 2.30. The Morgan fingerprint density at radius 2 is 1.83 bits per heavy atom. The molecule has 2 N–H and O–H groups in total. The Bertz CT molecular complexity index is 1290. The van der Waals surface area contributed by atoms with Crippen molar-refractivity contribution < 1.29 is 14.6 Å². The number of hydrogen-bond acceptors (Lipinski definition) is 5. The third kappa shape index (κ3) is 4.38. The summed E-state index contributed by atoms with van der Waals surface area (Å²) in [6.07, 6.45) is 3.73. The molecule has 6 rings (SSSR count). The third-order valence-electron chi connectivity index (χ3n) is 7.66. The summed E-state index contributed by atoms with van der Waals surface area (Å²) in [5.74, 6) is 0.0148. The van der Waals surface area contributed by atoms with Crippen LogP contribution in [0.4, 0.5) is 0 Å². The van der Waals surface area contributed by atoms with Crippen LogP contribution in [-0.2, 0) is 24.2 Å². The van der Waals surface area contributed by atoms with E-state index in [4.69, 9.17) is 4.74 Å². The summed E-state index contributed by atoms with van der Waals surface area (Å²) in [5, 5.41) is 15.6. The van der Waals surface area contributed by atoms with Crippen LogP contribution in [-0.4, -0.2) is 57.9 Å². The van der Waals surface area contributed by atoms with Crippen LogP contribution in [0.5, 0.6) is 0 Å². The zero-order valence-electron chi connectivity index (χ0n) is 19.4. The normalized spacial score (nSPS) is 24.0. The summed E-state index contributed by atoms with van der Waals surface area (Å²) >= 11 is 0. The first-order chi connectivity index (χ1) is 16.6. The summed E-state index contributed by atoms with van der Waals surface area (Å²) in [6.45, 7) is 2.13. The second-order valence-electron chi connectivity index (χ2n) is 9.74. The summed E-state index contributed by atoms with van der Waals surface area (Å²) in [4.78, 5) is 28.3. The molecule has 0 aliphatic carbocycles. The average molecular weight is 496 g/mol. The minimum Gasteiger partial charge on any atom is -0.390 e. The molecule has 3 aromatic rings. The van der Waals surface area contributed by atoms with E-state index in [0.717, 1.165) is 24.6 Å². The Morgan fingerprint density at radius 3 is 2.60 bits per heavy atom. The number of aliphatic hydroxyl groups excluding tert-OH is 1. The maximum atomic E-state index is 13.2. The van der Waals surface area contributed by atoms with Crippen LogP contribution in [0.3, 0.4) is 0 Å². The molecule has 4 heterocycles. The van der Waals surface area contributed by atoms with Crippen LogP contribution in [0.25, 0.3) is 10.8 Å². The molecule has 3 aliphatic heterocycles. The molecule has 2 bridgehead atoms. The summed E-state index contributed by atoms with van der Waals surface area (Å²) in [5.41, 5.74) is 2.94. The Hall–Kier alpha value is -2.71. The Kier molecular flexibility index (Phi) is 6.68. The number of rotatable bonds is 4. The van der Waals surface area contributed by atoms with Gasteiger partial charge in [0.25, 0.3) is 11.5 Å². The molecule has 0 saturated carbocycles. The number of hydrogen-bond donors (Lipinski definition) is 2. The number of aliphatic hydroxyl groups is 1. The monoisotopic (exact) mass is 495 g/mol. The van der Waals surface area contributed by atoms with Gasteiger partial charge in [-0.25, -0.2) is 0 Å². The third-order valence-corrected chi connectivity index (χ3v) is 7.66. The van der Waals surface area contributed by atoms with E-state index in [2.05, 4.69) is 17.4 Å². The molecule has 184 valence electrons. The lowest BCUT2D eigenvalue weighted by atomic mass is 9.93. The topological polar surface area (TPSA) is 83.8 Å². The van der Waals surface area contributed by atoms with Gasteiger partial charge >= 0.3 is 0 Å². The predicted molar refractivity (Wildman–Crippen MR) is 136 cm³/mol. The van der Waals surface area contributed by atoms with Crippen molar-refractivity contribution in [3.8, 4) is 0 Å². The highest BCUT2D eigenvalue weighted by atomic mass is 35.5. The van der Waals surface area contributed by atoms with E-state index < -0.39 is 6.10 Å². The Morgan fingerprint density at radius 1 is 1.09 bits per heavy atom. The lowest BCUT2D eigenvalue weighted by Crippen LogP contribution is -2.49. The number of carbonyl (C=O) groups is 1. The molecule has 2 saturated heterocycles. The molecule has 0 radical (unpaired) electrons. The van der Waals surface area contributed by atoms with Crippen molar-refractivity contribution >= 4 is 29.1 Å². The second kappa shape index (κ2) is 9.74. The maximum Gasteiger partial charge on any atom is 0.258 e. The van der Waals surface area contributed by atoms with Gasteiger partial charge in [-0.3, -0.25) is 9.59 Å². The molecule has 7 nitrogen and oxygen atoms in total. The van der Waals surface area contributed by atoms with Crippen molar-refractivity contribution in [1.82, 2.24) is 14.8 Å². The fraction of sp³-hybridized carbons (Fsp3) is 0.407. The minimum absolute atomic E-state index is 0. The molecule has 1 aromatic heterocycles. The smallest absolute Gasteiger partial charge is 0.258 e. The lowest BCUT2D eigenvalue weighted by molar-refractivity contribution is -0.00714. The zero-order chi connectivity index (χ0) is 23.2. The molecular formula is C27H30ClN3O4. The van der Waals surface area contributed by atoms with E-state index >= 15 is 0 Å². The molecule has 2 unspecified atom stereocenters. The van der Waals surface area contributed by atoms with E-state index in [-0.39, 0.29) is 48.5 Å². The molecule has 0 spiro atoms. The minimum atomic E-state index is -0.693. The van der Waals surface area contributed by atoms with Crippen LogP contribution in [0, 0.1) is 0 Å². The Labute approximate surface area is 210 Å². The van der Waals surface area contributed by atoms with Gasteiger partial charge in [-0.15, -0.1) is 12.4 Å². The van der Waals surface area contributed by atoms with Crippen LogP contribution >= 0.6 is 12.4 Å². The van der Waals surface area contributed by atoms with E-state index in [0.29, 0.717) is 30.7 Å². The number of morpholine rings is 1. The first-order valence-corrected chi connectivity index (χ1v) is 12.1. The molecule has 8 heteroatoms. The van der Waals surface area contributed by atoms with Gasteiger partial charge in [0, 0.05) is 29.7 Å². The van der Waals surface area contributed by atoms with Crippen molar-refractivity contribution in [1.29, 1.82) is 0 Å². The van der Waals surface area contributed by atoms with Gasteiger partial charge in [0.2, 0.25) is 0 Å². The number of pyridine rings is 1. The average Bonchev–Trinajstić information content (AvgIpc) is 3.12. The second-order valence-corrected chi connectivity index (χ2v) is 9.74. The molecule has 35 heavy (non-hydrogen) atoms. The number of nitrogens with one attached hydrogen (secondary N) is 1. The lowest BCUT2D eigenvalue weighted by Gasteiger charge is -2.34. The van der Waals surface area contributed by atoms with Crippen molar-refractivity contribution in [2.75, 3.05) is 13.2 Å². The highest BCUT2D eigenvalue weighted by molar-refractivity contribution is 5.99. The van der Waals surface area contributed by atoms with E-state index in [1.165, 1.54) is 11.1 Å². The quantitative estimate of drug-likeness (QED) is 0.581. The number of ether oxygens (including phenoxy) is 1. The van der Waals surface area contributed by atoms with E-state index in [1.54, 1.807) is 22.9 Å². The van der Waals surface area contributed by atoms with Gasteiger partial charge in [-0.05, 0) is 60.0 Å². The first kappa shape index (κ1) is 24.0. The number of nitrogens with zero attached hydrogens (tertiary/aromatic N) is 2. The zero-order valence-corrected chi connectivity index (χ0v) is 20.2. The molecule has 3 aliphatic rings. The van der Waals surface area contributed by atoms with Gasteiger partial charge in [0.1, 0.15) is 0 Å². The number of amides is 1. The van der Waals surface area contributed by atoms with Crippen LogP contribution < -0.4 is 10.9 Å². The van der Waals surface area contributed by atoms with Gasteiger partial charge in [-0.1, -0.05) is 24.3 Å². The molecule has 4 atom stereocenters. The number of fused-ring (bicyclic) bond motifs is 4. The van der Waals surface area contributed by atoms with Gasteiger partial charge in [0.15, 0.2) is 0 Å². The fourth-order valence-corrected chi connectivity index (χ4v) is 5.75. The van der Waals surface area contributed by atoms with Crippen LogP contribution in [0.2, 0.25) is 0 Å². The SMILES string of the molecule is Cl.O=C(c1ccc2c(=O)n(C[C@@H](O)[C@@H]3Cc4ccccc4CN3)ccc2c1)N1C2CCC1COC2. The van der Waals surface area contributed by atoms with Crippen molar-refractivity contribution in [2.45, 2.75) is 56.6 Å². The Balaban J connectivity index is 0.00000253. The number of aromatic nitrogens is 1. The predicted octanol–water partition coefficient (Wildman–Crippen LogP) is 2.50. The maximum absolute atomic E-state index is 13.2. The van der Waals surface area contributed by atoms with Crippen molar-refractivity contribution in [3.63, 3.8) is 0 Å². The van der Waals surface area contributed by atoms with Crippen LogP contribution in [0.15, 0.2) is 59.5 Å².